The van der Waals surface area contributed by atoms with E-state index in [1.165, 1.54) is 5.56 Å². The first-order chi connectivity index (χ1) is 9.74. The van der Waals surface area contributed by atoms with E-state index in [0.717, 1.165) is 51.4 Å². The van der Waals surface area contributed by atoms with Crippen molar-refractivity contribution in [3.05, 3.63) is 35.4 Å². The largest absolute Gasteiger partial charge is 0.370 e. The van der Waals surface area contributed by atoms with Gasteiger partial charge in [0.1, 0.15) is 13.1 Å². The second-order valence-electron chi connectivity index (χ2n) is 5.48. The van der Waals surface area contributed by atoms with Gasteiger partial charge in [-0.15, -0.1) is 0 Å². The highest BCUT2D eigenvalue weighted by Crippen LogP contribution is 2.03. The molecule has 1 saturated heterocycles. The Bertz CT molecular complexity index is 411. The molecule has 0 radical (unpaired) electrons. The molecule has 2 rings (SSSR count). The van der Waals surface area contributed by atoms with Gasteiger partial charge in [0.15, 0.2) is 0 Å². The molecule has 4 heteroatoms. The van der Waals surface area contributed by atoms with Crippen molar-refractivity contribution in [2.45, 2.75) is 19.8 Å². The van der Waals surface area contributed by atoms with Crippen molar-refractivity contribution in [3.8, 4) is 0 Å². The summed E-state index contributed by atoms with van der Waals surface area (Å²) in [5.41, 5.74) is 2.30. The smallest absolute Gasteiger partial charge is 0.224 e. The van der Waals surface area contributed by atoms with E-state index >= 15 is 0 Å². The number of hydrogen-bond acceptors (Lipinski definition) is 2. The van der Waals surface area contributed by atoms with Crippen LogP contribution in [0.5, 0.6) is 0 Å². The van der Waals surface area contributed by atoms with Crippen molar-refractivity contribution in [2.24, 2.45) is 0 Å². The summed E-state index contributed by atoms with van der Waals surface area (Å²) in [7, 11) is 0. The molecule has 0 unspecified atom stereocenters. The molecule has 1 heterocycles. The average Bonchev–Trinajstić information content (AvgIpc) is 2.47. The minimum atomic E-state index is 0.117. The minimum Gasteiger partial charge on any atom is -0.370 e. The average molecular weight is 277 g/mol. The predicted octanol–water partition coefficient (Wildman–Crippen LogP) is -0.0411. The molecule has 0 spiro atoms. The fraction of sp³-hybridized carbons (Fsp3) is 0.562. The van der Waals surface area contributed by atoms with Crippen molar-refractivity contribution < 1.29 is 14.4 Å². The van der Waals surface area contributed by atoms with Gasteiger partial charge in [0.25, 0.3) is 0 Å². The molecule has 0 bridgehead atoms. The summed E-state index contributed by atoms with van der Waals surface area (Å²) in [4.78, 5) is 13.4. The Hall–Kier alpha value is -1.39. The van der Waals surface area contributed by atoms with Gasteiger partial charge in [0, 0.05) is 13.0 Å². The maximum atomic E-state index is 11.8. The van der Waals surface area contributed by atoms with Gasteiger partial charge in [0.05, 0.1) is 26.2 Å². The molecule has 1 aliphatic heterocycles. The van der Waals surface area contributed by atoms with E-state index in [2.05, 4.69) is 12.2 Å². The number of nitrogens with one attached hydrogen (secondary N) is 2. The molecule has 1 aromatic carbocycles. The van der Waals surface area contributed by atoms with Crippen LogP contribution in [0.1, 0.15) is 17.5 Å². The number of hydrogen-bond donors (Lipinski definition) is 2. The Morgan fingerprint density at radius 1 is 1.25 bits per heavy atom. The highest BCUT2D eigenvalue weighted by molar-refractivity contribution is 5.78. The fourth-order valence-electron chi connectivity index (χ4n) is 2.43. The first-order valence-corrected chi connectivity index (χ1v) is 7.47. The molecule has 1 aliphatic rings. The van der Waals surface area contributed by atoms with E-state index in [-0.39, 0.29) is 5.91 Å². The van der Waals surface area contributed by atoms with Crippen LogP contribution in [0.2, 0.25) is 0 Å². The highest BCUT2D eigenvalue weighted by Gasteiger charge is 2.12. The van der Waals surface area contributed by atoms with Gasteiger partial charge in [-0.25, -0.2) is 0 Å². The number of aryl methyl sites for hydroxylation is 1. The van der Waals surface area contributed by atoms with Crippen molar-refractivity contribution in [1.29, 1.82) is 0 Å². The van der Waals surface area contributed by atoms with Gasteiger partial charge in [-0.05, 0) is 12.5 Å². The van der Waals surface area contributed by atoms with Crippen molar-refractivity contribution in [3.63, 3.8) is 0 Å². The summed E-state index contributed by atoms with van der Waals surface area (Å²) in [6.07, 6.45) is 1.51. The predicted molar refractivity (Wildman–Crippen MR) is 78.9 cm³/mol. The molecular weight excluding hydrogens is 252 g/mol. The van der Waals surface area contributed by atoms with Crippen LogP contribution in [0, 0.1) is 6.92 Å². The molecule has 1 fully saturated rings. The lowest BCUT2D eigenvalue weighted by Crippen LogP contribution is -3.14. The third-order valence-electron chi connectivity index (χ3n) is 3.71. The van der Waals surface area contributed by atoms with Crippen LogP contribution < -0.4 is 10.2 Å². The van der Waals surface area contributed by atoms with Crippen LogP contribution in [0.25, 0.3) is 0 Å². The standard InChI is InChI=1S/C16H24N2O2/c1-14-3-5-15(6-4-14)13-16(19)17-7-2-8-18-9-11-20-12-10-18/h3-6H,2,7-13H2,1H3,(H,17,19)/p+1. The molecule has 0 saturated carbocycles. The van der Waals surface area contributed by atoms with Crippen LogP contribution in [0.3, 0.4) is 0 Å². The van der Waals surface area contributed by atoms with Crippen LogP contribution >= 0.6 is 0 Å². The van der Waals surface area contributed by atoms with E-state index in [9.17, 15) is 4.79 Å². The summed E-state index contributed by atoms with van der Waals surface area (Å²) in [5.74, 6) is 0.117. The summed E-state index contributed by atoms with van der Waals surface area (Å²) in [6.45, 7) is 7.87. The van der Waals surface area contributed by atoms with E-state index in [1.54, 1.807) is 4.90 Å². The topological polar surface area (TPSA) is 42.8 Å². The molecule has 1 amide bonds. The van der Waals surface area contributed by atoms with E-state index in [0.29, 0.717) is 6.42 Å². The minimum absolute atomic E-state index is 0.117. The molecular formula is C16H25N2O2+. The zero-order valence-electron chi connectivity index (χ0n) is 12.3. The quantitative estimate of drug-likeness (QED) is 0.717. The van der Waals surface area contributed by atoms with Crippen LogP contribution in [0.15, 0.2) is 24.3 Å². The first-order valence-electron chi connectivity index (χ1n) is 7.47. The number of carbonyl (C=O) groups is 1. The van der Waals surface area contributed by atoms with Gasteiger partial charge < -0.3 is 15.0 Å². The Kier molecular flexibility index (Phi) is 6.02. The summed E-state index contributed by atoms with van der Waals surface area (Å²) in [6, 6.07) is 8.13. The van der Waals surface area contributed by atoms with Gasteiger partial charge in [-0.2, -0.15) is 0 Å². The third-order valence-corrected chi connectivity index (χ3v) is 3.71. The fourth-order valence-corrected chi connectivity index (χ4v) is 2.43. The Morgan fingerprint density at radius 2 is 1.95 bits per heavy atom. The number of amides is 1. The second kappa shape index (κ2) is 8.02. The molecule has 110 valence electrons. The van der Waals surface area contributed by atoms with Crippen LogP contribution in [0.4, 0.5) is 0 Å². The lowest BCUT2D eigenvalue weighted by molar-refractivity contribution is -0.908. The maximum absolute atomic E-state index is 11.8. The van der Waals surface area contributed by atoms with Gasteiger partial charge in [0.2, 0.25) is 5.91 Å². The van der Waals surface area contributed by atoms with Gasteiger partial charge in [-0.3, -0.25) is 4.79 Å². The van der Waals surface area contributed by atoms with Crippen molar-refractivity contribution >= 4 is 5.91 Å². The van der Waals surface area contributed by atoms with Crippen LogP contribution in [-0.4, -0.2) is 45.3 Å². The van der Waals surface area contributed by atoms with Crippen molar-refractivity contribution in [1.82, 2.24) is 5.32 Å². The van der Waals surface area contributed by atoms with Gasteiger partial charge >= 0.3 is 0 Å². The molecule has 20 heavy (non-hydrogen) atoms. The Labute approximate surface area is 121 Å². The lowest BCUT2D eigenvalue weighted by Gasteiger charge is -2.23. The summed E-state index contributed by atoms with van der Waals surface area (Å²) < 4.78 is 5.33. The van der Waals surface area contributed by atoms with Crippen LogP contribution in [-0.2, 0) is 16.0 Å². The summed E-state index contributed by atoms with van der Waals surface area (Å²) in [5, 5.41) is 3.00. The van der Waals surface area contributed by atoms with Crippen molar-refractivity contribution in [2.75, 3.05) is 39.4 Å². The molecule has 0 aromatic heterocycles. The Balaban J connectivity index is 1.59. The monoisotopic (exact) mass is 277 g/mol. The number of benzene rings is 1. The van der Waals surface area contributed by atoms with E-state index in [1.807, 2.05) is 24.3 Å². The molecule has 2 N–H and O–H groups in total. The second-order valence-corrected chi connectivity index (χ2v) is 5.48. The Morgan fingerprint density at radius 3 is 2.65 bits per heavy atom. The zero-order valence-corrected chi connectivity index (χ0v) is 12.3. The lowest BCUT2D eigenvalue weighted by atomic mass is 10.1. The molecule has 0 atom stereocenters. The number of ether oxygens (including phenoxy) is 1. The highest BCUT2D eigenvalue weighted by atomic mass is 16.5. The third kappa shape index (κ3) is 5.31. The number of morpholine rings is 1. The zero-order chi connectivity index (χ0) is 14.2. The SMILES string of the molecule is Cc1ccc(CC(=O)NCCC[NH+]2CCOCC2)cc1. The number of rotatable bonds is 6. The first kappa shape index (κ1) is 15.0. The maximum Gasteiger partial charge on any atom is 0.224 e. The normalized spacial score (nSPS) is 16.1. The summed E-state index contributed by atoms with van der Waals surface area (Å²) >= 11 is 0. The molecule has 0 aliphatic carbocycles. The number of quaternary nitrogens is 1. The molecule has 4 nitrogen and oxygen atoms in total. The molecule has 1 aromatic rings. The number of carbonyl (C=O) groups excluding carboxylic acids is 1. The van der Waals surface area contributed by atoms with E-state index in [4.69, 9.17) is 4.74 Å². The van der Waals surface area contributed by atoms with E-state index < -0.39 is 0 Å². The van der Waals surface area contributed by atoms with Gasteiger partial charge in [-0.1, -0.05) is 29.8 Å².